The van der Waals surface area contributed by atoms with Crippen LogP contribution in [-0.2, 0) is 16.0 Å². The van der Waals surface area contributed by atoms with Gasteiger partial charge >= 0.3 is 5.97 Å². The molecule has 1 unspecified atom stereocenters. The van der Waals surface area contributed by atoms with Gasteiger partial charge in [0.05, 0.1) is 32.9 Å². The van der Waals surface area contributed by atoms with E-state index in [0.29, 0.717) is 25.4 Å². The van der Waals surface area contributed by atoms with Crippen molar-refractivity contribution in [1.29, 1.82) is 0 Å². The van der Waals surface area contributed by atoms with E-state index in [-0.39, 0.29) is 11.9 Å². The van der Waals surface area contributed by atoms with E-state index >= 15 is 0 Å². The lowest BCUT2D eigenvalue weighted by Gasteiger charge is -2.17. The molecule has 6 nitrogen and oxygen atoms in total. The van der Waals surface area contributed by atoms with Crippen molar-refractivity contribution in [2.45, 2.75) is 25.2 Å². The lowest BCUT2D eigenvalue weighted by Crippen LogP contribution is -2.30. The Morgan fingerprint density at radius 2 is 1.77 bits per heavy atom. The Kier molecular flexibility index (Phi) is 8.29. The van der Waals surface area contributed by atoms with Crippen LogP contribution >= 0.6 is 0 Å². The Hall–Kier alpha value is -3.54. The smallest absolute Gasteiger partial charge is 0.306 e. The molecule has 2 aromatic carbocycles. The normalized spacial score (nSPS) is 11.5. The Morgan fingerprint density at radius 3 is 2.48 bits per heavy atom. The second-order valence-corrected chi connectivity index (χ2v) is 7.28. The molecule has 0 radical (unpaired) electrons. The predicted molar refractivity (Wildman–Crippen MR) is 120 cm³/mol. The average Bonchev–Trinajstić information content (AvgIpc) is 2.81. The minimum Gasteiger partial charge on any atom is -0.711 e. The highest BCUT2D eigenvalue weighted by Crippen LogP contribution is 2.26. The molecule has 0 amide bonds. The SMILES string of the molecule is COC(=O)CC(Cc1ccc(OCCCNc2cccc[n+]2[O-])cc1)c1ccccc1. The maximum Gasteiger partial charge on any atom is 0.306 e. The molecule has 6 heteroatoms. The summed E-state index contributed by atoms with van der Waals surface area (Å²) in [5.41, 5.74) is 2.26. The molecule has 1 N–H and O–H groups in total. The Bertz CT molecular complexity index is 945. The fourth-order valence-electron chi connectivity index (χ4n) is 3.37. The van der Waals surface area contributed by atoms with Gasteiger partial charge < -0.3 is 14.7 Å². The summed E-state index contributed by atoms with van der Waals surface area (Å²) in [7, 11) is 1.42. The van der Waals surface area contributed by atoms with Crippen LogP contribution in [-0.4, -0.2) is 26.2 Å². The van der Waals surface area contributed by atoms with Crippen LogP contribution in [0.15, 0.2) is 79.0 Å². The van der Waals surface area contributed by atoms with Crippen molar-refractivity contribution in [2.24, 2.45) is 0 Å². The van der Waals surface area contributed by atoms with E-state index in [0.717, 1.165) is 34.4 Å². The molecule has 0 spiro atoms. The molecule has 0 bridgehead atoms. The summed E-state index contributed by atoms with van der Waals surface area (Å²) in [5.74, 6) is 1.19. The van der Waals surface area contributed by atoms with E-state index in [4.69, 9.17) is 9.47 Å². The molecular weight excluding hydrogens is 392 g/mol. The highest BCUT2D eigenvalue weighted by molar-refractivity contribution is 5.70. The summed E-state index contributed by atoms with van der Waals surface area (Å²) in [4.78, 5) is 11.9. The zero-order valence-electron chi connectivity index (χ0n) is 17.7. The second-order valence-electron chi connectivity index (χ2n) is 7.28. The van der Waals surface area contributed by atoms with Gasteiger partial charge in [-0.1, -0.05) is 48.5 Å². The van der Waals surface area contributed by atoms with Crippen molar-refractivity contribution in [2.75, 3.05) is 25.6 Å². The standard InChI is InChI=1S/C25H28N2O4/c1-30-25(28)19-22(21-8-3-2-4-9-21)18-20-11-13-23(14-12-20)31-17-7-15-26-24-10-5-6-16-27(24)29/h2-6,8-14,16,22,26H,7,15,17-19H2,1H3. The highest BCUT2D eigenvalue weighted by atomic mass is 16.5. The number of nitrogens with one attached hydrogen (secondary N) is 1. The number of benzene rings is 2. The van der Waals surface area contributed by atoms with Gasteiger partial charge in [0, 0.05) is 12.5 Å². The highest BCUT2D eigenvalue weighted by Gasteiger charge is 2.17. The van der Waals surface area contributed by atoms with Gasteiger partial charge in [-0.2, -0.15) is 0 Å². The largest absolute Gasteiger partial charge is 0.711 e. The summed E-state index contributed by atoms with van der Waals surface area (Å²) in [6.45, 7) is 1.20. The van der Waals surface area contributed by atoms with Crippen LogP contribution in [0.2, 0.25) is 0 Å². The van der Waals surface area contributed by atoms with Gasteiger partial charge in [0.2, 0.25) is 0 Å². The van der Waals surface area contributed by atoms with Crippen molar-refractivity contribution in [3.63, 3.8) is 0 Å². The number of nitrogens with zero attached hydrogens (tertiary/aromatic N) is 1. The molecule has 0 aliphatic heterocycles. The first-order valence-electron chi connectivity index (χ1n) is 10.4. The van der Waals surface area contributed by atoms with Crippen LogP contribution in [0.25, 0.3) is 0 Å². The number of carbonyl (C=O) groups excluding carboxylic acids is 1. The van der Waals surface area contributed by atoms with Crippen molar-refractivity contribution < 1.29 is 19.0 Å². The molecule has 1 heterocycles. The summed E-state index contributed by atoms with van der Waals surface area (Å²) in [6, 6.07) is 23.3. The summed E-state index contributed by atoms with van der Waals surface area (Å²) >= 11 is 0. The lowest BCUT2D eigenvalue weighted by atomic mass is 9.89. The zero-order chi connectivity index (χ0) is 21.9. The van der Waals surface area contributed by atoms with Gasteiger partial charge in [-0.25, -0.2) is 4.73 Å². The van der Waals surface area contributed by atoms with Gasteiger partial charge in [-0.3, -0.25) is 10.1 Å². The topological polar surface area (TPSA) is 74.5 Å². The van der Waals surface area contributed by atoms with E-state index < -0.39 is 0 Å². The van der Waals surface area contributed by atoms with Gasteiger partial charge in [0.15, 0.2) is 0 Å². The molecule has 3 aromatic rings. The number of ether oxygens (including phenoxy) is 2. The summed E-state index contributed by atoms with van der Waals surface area (Å²) in [5, 5.41) is 14.7. The van der Waals surface area contributed by atoms with E-state index in [9.17, 15) is 10.0 Å². The third kappa shape index (κ3) is 7.03. The van der Waals surface area contributed by atoms with E-state index in [1.807, 2.05) is 60.7 Å². The molecule has 0 aliphatic carbocycles. The third-order valence-electron chi connectivity index (χ3n) is 5.04. The molecule has 1 aromatic heterocycles. The van der Waals surface area contributed by atoms with Gasteiger partial charge in [-0.05, 0) is 41.7 Å². The van der Waals surface area contributed by atoms with Crippen molar-refractivity contribution in [1.82, 2.24) is 0 Å². The number of anilines is 1. The van der Waals surface area contributed by atoms with Gasteiger partial charge in [0.25, 0.3) is 5.82 Å². The quantitative estimate of drug-likeness (QED) is 0.219. The summed E-state index contributed by atoms with van der Waals surface area (Å²) in [6.07, 6.45) is 3.33. The molecule has 1 atom stereocenters. The molecule has 162 valence electrons. The van der Waals surface area contributed by atoms with E-state index in [2.05, 4.69) is 5.32 Å². The second kappa shape index (κ2) is 11.6. The van der Waals surface area contributed by atoms with Gasteiger partial charge in [0.1, 0.15) is 5.75 Å². The van der Waals surface area contributed by atoms with Crippen molar-refractivity contribution in [3.8, 4) is 5.75 Å². The van der Waals surface area contributed by atoms with Crippen molar-refractivity contribution in [3.05, 3.63) is 95.3 Å². The van der Waals surface area contributed by atoms with Crippen molar-refractivity contribution >= 4 is 11.8 Å². The van der Waals surface area contributed by atoms with Crippen LogP contribution in [0.4, 0.5) is 5.82 Å². The molecule has 0 aliphatic rings. The average molecular weight is 421 g/mol. The minimum atomic E-state index is -0.208. The zero-order valence-corrected chi connectivity index (χ0v) is 17.7. The molecule has 3 rings (SSSR count). The number of esters is 1. The van der Waals surface area contributed by atoms with E-state index in [1.54, 1.807) is 12.1 Å². The number of methoxy groups -OCH3 is 1. The van der Waals surface area contributed by atoms with Gasteiger partial charge in [-0.15, -0.1) is 0 Å². The predicted octanol–water partition coefficient (Wildman–Crippen LogP) is 4.09. The fraction of sp³-hybridized carbons (Fsp3) is 0.280. The summed E-state index contributed by atoms with van der Waals surface area (Å²) < 4.78 is 11.5. The number of aromatic nitrogens is 1. The first-order chi connectivity index (χ1) is 15.2. The molecular formula is C25H28N2O4. The Balaban J connectivity index is 1.48. The molecule has 0 saturated carbocycles. The fourth-order valence-corrected chi connectivity index (χ4v) is 3.37. The number of hydrogen-bond donors (Lipinski definition) is 1. The molecule has 0 saturated heterocycles. The van der Waals surface area contributed by atoms with Crippen LogP contribution in [0.1, 0.15) is 29.9 Å². The minimum absolute atomic E-state index is 0.0632. The molecule has 31 heavy (non-hydrogen) atoms. The monoisotopic (exact) mass is 420 g/mol. The van der Waals surface area contributed by atoms with Crippen LogP contribution in [0, 0.1) is 5.21 Å². The number of hydrogen-bond acceptors (Lipinski definition) is 5. The number of rotatable bonds is 11. The third-order valence-corrected chi connectivity index (χ3v) is 5.04. The number of carbonyl (C=O) groups is 1. The lowest BCUT2D eigenvalue weighted by molar-refractivity contribution is -0.590. The van der Waals surface area contributed by atoms with Crippen LogP contribution in [0.3, 0.4) is 0 Å². The maximum atomic E-state index is 11.9. The van der Waals surface area contributed by atoms with E-state index in [1.165, 1.54) is 13.3 Å². The van der Waals surface area contributed by atoms with Crippen LogP contribution in [0.5, 0.6) is 5.75 Å². The first kappa shape index (κ1) is 22.2. The number of pyridine rings is 1. The van der Waals surface area contributed by atoms with Crippen LogP contribution < -0.4 is 14.8 Å². The Labute approximate surface area is 183 Å². The maximum absolute atomic E-state index is 11.9. The first-order valence-corrected chi connectivity index (χ1v) is 10.4. The Morgan fingerprint density at radius 1 is 1.03 bits per heavy atom. The molecule has 0 fully saturated rings.